The third kappa shape index (κ3) is 5.97. The van der Waals surface area contributed by atoms with Gasteiger partial charge in [-0.05, 0) is 137 Å². The van der Waals surface area contributed by atoms with E-state index in [1.807, 2.05) is 43.3 Å². The van der Waals surface area contributed by atoms with Gasteiger partial charge in [-0.1, -0.05) is 65.0 Å². The number of carbonyl (C=O) groups is 1. The molecule has 5 nitrogen and oxygen atoms in total. The number of ether oxygens (including phenoxy) is 2. The SMILES string of the molecule is COC(C)(C)CCC[C@@](C)(O)[C@H]1CC[C@]2(C)[C@@H]1[C@H](O)C[C@@H]1[C@@]3(C)CC[C@H](OC(=O)/C=C/c4ccccc4)C(C)(C)[C@@H]3CC[C@]12C. The molecule has 1 aromatic rings. The van der Waals surface area contributed by atoms with Crippen LogP contribution in [0.4, 0.5) is 0 Å². The molecule has 4 fully saturated rings. The van der Waals surface area contributed by atoms with Crippen molar-refractivity contribution in [3.05, 3.63) is 42.0 Å². The van der Waals surface area contributed by atoms with E-state index in [0.29, 0.717) is 11.8 Å². The van der Waals surface area contributed by atoms with E-state index in [1.165, 1.54) is 0 Å². The number of aliphatic hydroxyl groups is 2. The zero-order chi connectivity index (χ0) is 33.1. The molecule has 4 saturated carbocycles. The van der Waals surface area contributed by atoms with E-state index in [-0.39, 0.29) is 51.2 Å². The fraction of sp³-hybridized carbons (Fsp3) is 0.775. The standard InChI is InChI=1S/C40H62O5/c1-35(2,44-9)21-13-22-40(8,43)28-18-24-39(7)34(28)29(41)26-31-37(5)23-20-32(36(3,4)30(37)19-25-38(31,39)6)45-33(42)17-16-27-14-11-10-12-15-27/h10-12,14-17,28-32,34,41,43H,13,18-26H2,1-9H3/b17-16+/t28-,29+,30-,31+,32-,34-,37-,38+,39+,40+/m0/s1. The highest BCUT2D eigenvalue weighted by Crippen LogP contribution is 2.76. The summed E-state index contributed by atoms with van der Waals surface area (Å²) in [6, 6.07) is 9.88. The Kier molecular flexibility index (Phi) is 9.30. The van der Waals surface area contributed by atoms with Crippen molar-refractivity contribution < 1.29 is 24.5 Å². The molecule has 4 aliphatic carbocycles. The number of benzene rings is 1. The lowest BCUT2D eigenvalue weighted by molar-refractivity contribution is -0.248. The maximum atomic E-state index is 13.0. The van der Waals surface area contributed by atoms with E-state index < -0.39 is 11.7 Å². The third-order valence-electron chi connectivity index (χ3n) is 14.6. The van der Waals surface area contributed by atoms with Gasteiger partial charge in [0.05, 0.1) is 17.3 Å². The zero-order valence-electron chi connectivity index (χ0n) is 29.7. The molecular weight excluding hydrogens is 560 g/mol. The molecule has 1 aromatic carbocycles. The second-order valence-electron chi connectivity index (χ2n) is 17.7. The quantitative estimate of drug-likeness (QED) is 0.213. The number of aliphatic hydroxyl groups excluding tert-OH is 1. The molecule has 0 radical (unpaired) electrons. The molecule has 0 unspecified atom stereocenters. The lowest BCUT2D eigenvalue weighted by Crippen LogP contribution is -2.66. The van der Waals surface area contributed by atoms with Gasteiger partial charge in [0.15, 0.2) is 0 Å². The average Bonchev–Trinajstić information content (AvgIpc) is 3.36. The van der Waals surface area contributed by atoms with Crippen LogP contribution in [-0.4, -0.2) is 46.7 Å². The second-order valence-corrected chi connectivity index (χ2v) is 17.7. The molecule has 0 aliphatic heterocycles. The fourth-order valence-corrected chi connectivity index (χ4v) is 11.7. The van der Waals surface area contributed by atoms with Gasteiger partial charge in [-0.15, -0.1) is 0 Å². The predicted octanol–water partition coefficient (Wildman–Crippen LogP) is 8.61. The van der Waals surface area contributed by atoms with Crippen molar-refractivity contribution in [3.63, 3.8) is 0 Å². The first-order valence-electron chi connectivity index (χ1n) is 17.8. The number of fused-ring (bicyclic) bond motifs is 5. The molecule has 0 saturated heterocycles. The summed E-state index contributed by atoms with van der Waals surface area (Å²) >= 11 is 0. The van der Waals surface area contributed by atoms with Gasteiger partial charge in [0, 0.05) is 18.6 Å². The van der Waals surface area contributed by atoms with Crippen molar-refractivity contribution in [1.29, 1.82) is 0 Å². The summed E-state index contributed by atoms with van der Waals surface area (Å²) in [5, 5.41) is 24.0. The third-order valence-corrected chi connectivity index (χ3v) is 14.6. The van der Waals surface area contributed by atoms with Crippen molar-refractivity contribution in [1.82, 2.24) is 0 Å². The number of hydrogen-bond donors (Lipinski definition) is 2. The van der Waals surface area contributed by atoms with Crippen molar-refractivity contribution in [3.8, 4) is 0 Å². The molecule has 0 aromatic heterocycles. The Morgan fingerprint density at radius 3 is 2.27 bits per heavy atom. The van der Waals surface area contributed by atoms with Crippen LogP contribution in [0.5, 0.6) is 0 Å². The summed E-state index contributed by atoms with van der Waals surface area (Å²) < 4.78 is 11.8. The molecule has 5 heteroatoms. The molecule has 0 bridgehead atoms. The molecule has 10 atom stereocenters. The van der Waals surface area contributed by atoms with Crippen LogP contribution in [0.25, 0.3) is 6.08 Å². The highest BCUT2D eigenvalue weighted by atomic mass is 16.5. The molecule has 5 rings (SSSR count). The summed E-state index contributed by atoms with van der Waals surface area (Å²) in [5.74, 6) is 0.733. The maximum absolute atomic E-state index is 13.0. The van der Waals surface area contributed by atoms with Crippen LogP contribution in [0, 0.1) is 45.3 Å². The van der Waals surface area contributed by atoms with Crippen LogP contribution in [0.15, 0.2) is 36.4 Å². The molecule has 0 amide bonds. The lowest BCUT2D eigenvalue weighted by Gasteiger charge is -2.70. The van der Waals surface area contributed by atoms with E-state index in [1.54, 1.807) is 13.2 Å². The average molecular weight is 623 g/mol. The summed E-state index contributed by atoms with van der Waals surface area (Å²) in [5.41, 5.74) is -0.0570. The van der Waals surface area contributed by atoms with Crippen LogP contribution in [0.1, 0.15) is 125 Å². The van der Waals surface area contributed by atoms with Crippen LogP contribution < -0.4 is 0 Å². The molecular formula is C40H62O5. The van der Waals surface area contributed by atoms with Crippen LogP contribution in [0.2, 0.25) is 0 Å². The van der Waals surface area contributed by atoms with Gasteiger partial charge in [0.1, 0.15) is 6.10 Å². The molecule has 0 spiro atoms. The van der Waals surface area contributed by atoms with E-state index in [9.17, 15) is 15.0 Å². The first-order chi connectivity index (χ1) is 20.9. The predicted molar refractivity (Wildman–Crippen MR) is 181 cm³/mol. The van der Waals surface area contributed by atoms with E-state index in [2.05, 4.69) is 48.5 Å². The Morgan fingerprint density at radius 1 is 0.933 bits per heavy atom. The van der Waals surface area contributed by atoms with Crippen molar-refractivity contribution >= 4 is 12.0 Å². The summed E-state index contributed by atoms with van der Waals surface area (Å²) in [7, 11) is 1.76. The highest BCUT2D eigenvalue weighted by molar-refractivity contribution is 5.87. The highest BCUT2D eigenvalue weighted by Gasteiger charge is 2.71. The number of methoxy groups -OCH3 is 1. The smallest absolute Gasteiger partial charge is 0.331 e. The maximum Gasteiger partial charge on any atom is 0.331 e. The Labute approximate surface area is 273 Å². The number of hydrogen-bond acceptors (Lipinski definition) is 5. The van der Waals surface area contributed by atoms with Crippen LogP contribution in [0.3, 0.4) is 0 Å². The van der Waals surface area contributed by atoms with E-state index in [0.717, 1.165) is 69.8 Å². The zero-order valence-corrected chi connectivity index (χ0v) is 29.7. The Bertz CT molecular complexity index is 1230. The molecule has 4 aliphatic rings. The van der Waals surface area contributed by atoms with Gasteiger partial charge in [-0.2, -0.15) is 0 Å². The van der Waals surface area contributed by atoms with Crippen LogP contribution >= 0.6 is 0 Å². The molecule has 2 N–H and O–H groups in total. The topological polar surface area (TPSA) is 76.0 Å². The minimum absolute atomic E-state index is 0.0283. The number of esters is 1. The van der Waals surface area contributed by atoms with Gasteiger partial charge in [0.25, 0.3) is 0 Å². The first kappa shape index (κ1) is 34.6. The largest absolute Gasteiger partial charge is 0.459 e. The summed E-state index contributed by atoms with van der Waals surface area (Å²) in [4.78, 5) is 13.0. The fourth-order valence-electron chi connectivity index (χ4n) is 11.7. The normalized spacial score (nSPS) is 40.7. The summed E-state index contributed by atoms with van der Waals surface area (Å²) in [6.07, 6.45) is 12.3. The van der Waals surface area contributed by atoms with E-state index >= 15 is 0 Å². The van der Waals surface area contributed by atoms with Gasteiger partial charge in [0.2, 0.25) is 0 Å². The minimum Gasteiger partial charge on any atom is -0.459 e. The number of rotatable bonds is 9. The minimum atomic E-state index is -0.809. The van der Waals surface area contributed by atoms with E-state index in [4.69, 9.17) is 9.47 Å². The van der Waals surface area contributed by atoms with Gasteiger partial charge < -0.3 is 19.7 Å². The van der Waals surface area contributed by atoms with Gasteiger partial charge >= 0.3 is 5.97 Å². The second kappa shape index (κ2) is 12.1. The van der Waals surface area contributed by atoms with Gasteiger partial charge in [-0.3, -0.25) is 0 Å². The molecule has 0 heterocycles. The lowest BCUT2D eigenvalue weighted by atomic mass is 9.35. The Hall–Kier alpha value is -1.69. The van der Waals surface area contributed by atoms with Gasteiger partial charge in [-0.25, -0.2) is 4.79 Å². The van der Waals surface area contributed by atoms with Crippen molar-refractivity contribution in [2.75, 3.05) is 7.11 Å². The monoisotopic (exact) mass is 622 g/mol. The Balaban J connectivity index is 1.33. The molecule has 252 valence electrons. The summed E-state index contributed by atoms with van der Waals surface area (Å²) in [6.45, 7) is 18.4. The molecule has 45 heavy (non-hydrogen) atoms. The number of carbonyl (C=O) groups excluding carboxylic acids is 1. The van der Waals surface area contributed by atoms with Crippen molar-refractivity contribution in [2.24, 2.45) is 45.3 Å². The van der Waals surface area contributed by atoms with Crippen molar-refractivity contribution in [2.45, 2.75) is 143 Å². The Morgan fingerprint density at radius 2 is 1.60 bits per heavy atom. The first-order valence-corrected chi connectivity index (χ1v) is 17.8. The van der Waals surface area contributed by atoms with Crippen LogP contribution in [-0.2, 0) is 14.3 Å².